The van der Waals surface area contributed by atoms with Crippen LogP contribution < -0.4 is 10.1 Å². The van der Waals surface area contributed by atoms with Crippen molar-refractivity contribution in [2.75, 3.05) is 18.4 Å². The Balaban J connectivity index is 1.51. The van der Waals surface area contributed by atoms with Crippen LogP contribution in [0.5, 0.6) is 5.75 Å². The van der Waals surface area contributed by atoms with E-state index in [-0.39, 0.29) is 12.0 Å². The van der Waals surface area contributed by atoms with Crippen molar-refractivity contribution >= 4 is 34.9 Å². The van der Waals surface area contributed by atoms with E-state index < -0.39 is 6.09 Å². The lowest BCUT2D eigenvalue weighted by Gasteiger charge is -2.30. The van der Waals surface area contributed by atoms with Gasteiger partial charge in [-0.2, -0.15) is 5.10 Å². The van der Waals surface area contributed by atoms with Crippen LogP contribution in [0.25, 0.3) is 5.65 Å². The number of anilines is 1. The highest BCUT2D eigenvalue weighted by Crippen LogP contribution is 2.31. The molecule has 2 aromatic heterocycles. The molecule has 1 fully saturated rings. The Hall–Kier alpha value is -3.33. The van der Waals surface area contributed by atoms with Crippen molar-refractivity contribution in [2.45, 2.75) is 18.9 Å². The summed E-state index contributed by atoms with van der Waals surface area (Å²) in [5, 5.41) is 16.5. The van der Waals surface area contributed by atoms with E-state index in [2.05, 4.69) is 15.4 Å². The Bertz CT molecular complexity index is 1060. The minimum atomic E-state index is -0.926. The molecule has 29 heavy (non-hydrogen) atoms. The summed E-state index contributed by atoms with van der Waals surface area (Å²) in [5.41, 5.74) is 1.19. The molecule has 1 aliphatic rings. The number of piperidine rings is 1. The van der Waals surface area contributed by atoms with Crippen LogP contribution in [0.3, 0.4) is 0 Å². The SMILES string of the molecule is O=C(Nc1cc(Cl)ccc1OC1CCN(C(=O)O)CC1)c1cnn2cccnc12. The maximum absolute atomic E-state index is 12.8. The second kappa shape index (κ2) is 7.96. The van der Waals surface area contributed by atoms with Gasteiger partial charge in [0.25, 0.3) is 5.91 Å². The molecule has 0 saturated carbocycles. The number of aromatic nitrogens is 3. The molecule has 0 radical (unpaired) electrons. The van der Waals surface area contributed by atoms with Crippen LogP contribution in [0.15, 0.2) is 42.9 Å². The molecule has 9 nitrogen and oxygen atoms in total. The van der Waals surface area contributed by atoms with E-state index in [0.29, 0.717) is 53.6 Å². The first-order valence-corrected chi connectivity index (χ1v) is 9.43. The minimum absolute atomic E-state index is 0.152. The van der Waals surface area contributed by atoms with Gasteiger partial charge in [-0.1, -0.05) is 11.6 Å². The monoisotopic (exact) mass is 415 g/mol. The lowest BCUT2D eigenvalue weighted by atomic mass is 10.1. The maximum atomic E-state index is 12.8. The highest BCUT2D eigenvalue weighted by molar-refractivity contribution is 6.31. The molecule has 0 unspecified atom stereocenters. The zero-order valence-corrected chi connectivity index (χ0v) is 16.0. The van der Waals surface area contributed by atoms with Gasteiger partial charge in [-0.3, -0.25) is 4.79 Å². The summed E-state index contributed by atoms with van der Waals surface area (Å²) in [6.45, 7) is 0.812. The largest absolute Gasteiger partial charge is 0.488 e. The first-order valence-electron chi connectivity index (χ1n) is 9.05. The van der Waals surface area contributed by atoms with Gasteiger partial charge >= 0.3 is 6.09 Å². The summed E-state index contributed by atoms with van der Waals surface area (Å²) < 4.78 is 7.56. The van der Waals surface area contributed by atoms with Crippen LogP contribution >= 0.6 is 11.6 Å². The van der Waals surface area contributed by atoms with E-state index >= 15 is 0 Å². The fourth-order valence-corrected chi connectivity index (χ4v) is 3.40. The van der Waals surface area contributed by atoms with E-state index in [1.807, 2.05) is 0 Å². The van der Waals surface area contributed by atoms with Gasteiger partial charge in [-0.25, -0.2) is 14.3 Å². The Kier molecular flexibility index (Phi) is 5.22. The predicted molar refractivity (Wildman–Crippen MR) is 106 cm³/mol. The number of carboxylic acid groups (broad SMARTS) is 1. The summed E-state index contributed by atoms with van der Waals surface area (Å²) in [6, 6.07) is 6.70. The third-order valence-electron chi connectivity index (χ3n) is 4.72. The standard InChI is InChI=1S/C19H18ClN5O4/c20-12-2-3-16(29-13-4-8-24(9-5-13)19(27)28)15(10-12)23-18(26)14-11-22-25-7-1-6-21-17(14)25/h1-3,6-7,10-11,13H,4-5,8-9H2,(H,23,26)(H,27,28). The van der Waals surface area contributed by atoms with Crippen molar-refractivity contribution in [3.63, 3.8) is 0 Å². The van der Waals surface area contributed by atoms with Crippen LogP contribution in [0.1, 0.15) is 23.2 Å². The molecule has 10 heteroatoms. The first kappa shape index (κ1) is 19.0. The third-order valence-corrected chi connectivity index (χ3v) is 4.95. The quantitative estimate of drug-likeness (QED) is 0.677. The molecule has 0 bridgehead atoms. The van der Waals surface area contributed by atoms with Gasteiger partial charge in [0.15, 0.2) is 5.65 Å². The summed E-state index contributed by atoms with van der Waals surface area (Å²) >= 11 is 6.11. The van der Waals surface area contributed by atoms with Gasteiger partial charge in [-0.05, 0) is 24.3 Å². The van der Waals surface area contributed by atoms with Crippen LogP contribution in [0.2, 0.25) is 5.02 Å². The molecule has 3 heterocycles. The van der Waals surface area contributed by atoms with Gasteiger partial charge < -0.3 is 20.1 Å². The van der Waals surface area contributed by atoms with E-state index in [4.69, 9.17) is 21.4 Å². The number of hydrogen-bond donors (Lipinski definition) is 2. The van der Waals surface area contributed by atoms with Crippen molar-refractivity contribution in [2.24, 2.45) is 0 Å². The van der Waals surface area contributed by atoms with E-state index in [0.717, 1.165) is 0 Å². The number of hydrogen-bond acceptors (Lipinski definition) is 5. The lowest BCUT2D eigenvalue weighted by molar-refractivity contribution is 0.0893. The fourth-order valence-electron chi connectivity index (χ4n) is 3.22. The summed E-state index contributed by atoms with van der Waals surface area (Å²) in [5.74, 6) is 0.0903. The molecular weight excluding hydrogens is 398 g/mol. The number of ether oxygens (including phenoxy) is 1. The number of carbonyl (C=O) groups is 2. The number of fused-ring (bicyclic) bond motifs is 1. The summed E-state index contributed by atoms with van der Waals surface area (Å²) in [6.07, 6.45) is 4.80. The smallest absolute Gasteiger partial charge is 0.407 e. The normalized spacial score (nSPS) is 14.7. The van der Waals surface area contributed by atoms with Gasteiger partial charge in [0, 0.05) is 43.3 Å². The third kappa shape index (κ3) is 4.09. The van der Waals surface area contributed by atoms with Crippen molar-refractivity contribution < 1.29 is 19.4 Å². The van der Waals surface area contributed by atoms with Gasteiger partial charge in [0.2, 0.25) is 0 Å². The molecule has 2 amide bonds. The molecular formula is C19H18ClN5O4. The highest BCUT2D eigenvalue weighted by Gasteiger charge is 2.24. The van der Waals surface area contributed by atoms with Gasteiger partial charge in [0.05, 0.1) is 11.9 Å². The number of likely N-dealkylation sites (tertiary alicyclic amines) is 1. The number of nitrogens with zero attached hydrogens (tertiary/aromatic N) is 4. The lowest BCUT2D eigenvalue weighted by Crippen LogP contribution is -2.41. The summed E-state index contributed by atoms with van der Waals surface area (Å²) in [4.78, 5) is 29.4. The Morgan fingerprint density at radius 2 is 2.07 bits per heavy atom. The second-order valence-electron chi connectivity index (χ2n) is 6.63. The molecule has 1 aromatic carbocycles. The zero-order valence-electron chi connectivity index (χ0n) is 15.3. The Morgan fingerprint density at radius 3 is 2.83 bits per heavy atom. The van der Waals surface area contributed by atoms with Crippen molar-refractivity contribution in [1.82, 2.24) is 19.5 Å². The number of rotatable bonds is 4. The number of amides is 2. The van der Waals surface area contributed by atoms with Crippen molar-refractivity contribution in [3.05, 3.63) is 53.4 Å². The number of nitrogens with one attached hydrogen (secondary N) is 1. The number of carbonyl (C=O) groups excluding carboxylic acids is 1. The average Bonchev–Trinajstić information content (AvgIpc) is 3.15. The molecule has 1 saturated heterocycles. The number of halogens is 1. The predicted octanol–water partition coefficient (Wildman–Crippen LogP) is 3.16. The van der Waals surface area contributed by atoms with E-state index in [1.54, 1.807) is 36.7 Å². The minimum Gasteiger partial charge on any atom is -0.488 e. The molecule has 0 aliphatic carbocycles. The van der Waals surface area contributed by atoms with Crippen LogP contribution in [0, 0.1) is 0 Å². The summed E-state index contributed by atoms with van der Waals surface area (Å²) in [7, 11) is 0. The topological polar surface area (TPSA) is 109 Å². The van der Waals surface area contributed by atoms with E-state index in [1.165, 1.54) is 15.6 Å². The fraction of sp³-hybridized carbons (Fsp3) is 0.263. The Morgan fingerprint density at radius 1 is 1.28 bits per heavy atom. The highest BCUT2D eigenvalue weighted by atomic mass is 35.5. The molecule has 150 valence electrons. The van der Waals surface area contributed by atoms with Crippen LogP contribution in [-0.2, 0) is 0 Å². The molecule has 2 N–H and O–H groups in total. The van der Waals surface area contributed by atoms with Gasteiger partial charge in [0.1, 0.15) is 17.4 Å². The number of benzene rings is 1. The van der Waals surface area contributed by atoms with Crippen molar-refractivity contribution in [1.29, 1.82) is 0 Å². The van der Waals surface area contributed by atoms with Crippen LogP contribution in [0.4, 0.5) is 10.5 Å². The van der Waals surface area contributed by atoms with Crippen LogP contribution in [-0.4, -0.2) is 55.8 Å². The second-order valence-corrected chi connectivity index (χ2v) is 7.06. The Labute approximate surface area is 170 Å². The molecule has 0 spiro atoms. The molecule has 1 aliphatic heterocycles. The van der Waals surface area contributed by atoms with Gasteiger partial charge in [-0.15, -0.1) is 0 Å². The molecule has 3 aromatic rings. The molecule has 0 atom stereocenters. The maximum Gasteiger partial charge on any atom is 0.407 e. The first-order chi connectivity index (χ1) is 14.0. The average molecular weight is 416 g/mol. The van der Waals surface area contributed by atoms with E-state index in [9.17, 15) is 9.59 Å². The van der Waals surface area contributed by atoms with Crippen molar-refractivity contribution in [3.8, 4) is 5.75 Å². The zero-order chi connectivity index (χ0) is 20.4. The molecule has 4 rings (SSSR count).